The number of benzene rings is 1. The van der Waals surface area contributed by atoms with Crippen molar-refractivity contribution in [3.05, 3.63) is 63.4 Å². The van der Waals surface area contributed by atoms with Crippen molar-refractivity contribution in [1.29, 1.82) is 0 Å². The number of fused-ring (bicyclic) bond motifs is 1. The molecule has 1 aliphatic heterocycles. The Hall–Kier alpha value is -2.90. The van der Waals surface area contributed by atoms with Gasteiger partial charge in [0.05, 0.1) is 9.85 Å². The normalized spacial score (nSPS) is 17.1. The number of nitrogens with zero attached hydrogens (tertiary/aromatic N) is 3. The molecule has 160 valence electrons. The van der Waals surface area contributed by atoms with Crippen molar-refractivity contribution >= 4 is 57.4 Å². The SMILES string of the molecule is CC[C@H]1C(=O)N(Cc2ccc3c(N)ccnc3c2)CCN1C(=O)/C=C/c1ccc(Cl)s1. The zero-order chi connectivity index (χ0) is 22.0. The summed E-state index contributed by atoms with van der Waals surface area (Å²) in [5.41, 5.74) is 8.48. The van der Waals surface area contributed by atoms with Gasteiger partial charge in [0.1, 0.15) is 6.04 Å². The van der Waals surface area contributed by atoms with Gasteiger partial charge in [0.2, 0.25) is 11.8 Å². The van der Waals surface area contributed by atoms with E-state index in [2.05, 4.69) is 4.98 Å². The monoisotopic (exact) mass is 454 g/mol. The van der Waals surface area contributed by atoms with E-state index in [1.165, 1.54) is 17.4 Å². The maximum Gasteiger partial charge on any atom is 0.247 e. The second kappa shape index (κ2) is 9.08. The van der Waals surface area contributed by atoms with Crippen molar-refractivity contribution in [3.63, 3.8) is 0 Å². The molecule has 2 N–H and O–H groups in total. The maximum absolute atomic E-state index is 13.1. The van der Waals surface area contributed by atoms with Gasteiger partial charge in [-0.1, -0.05) is 30.7 Å². The number of aromatic nitrogens is 1. The van der Waals surface area contributed by atoms with Gasteiger partial charge >= 0.3 is 0 Å². The highest BCUT2D eigenvalue weighted by Crippen LogP contribution is 2.24. The lowest BCUT2D eigenvalue weighted by atomic mass is 10.1. The molecule has 2 amide bonds. The Labute approximate surface area is 189 Å². The third kappa shape index (κ3) is 4.57. The summed E-state index contributed by atoms with van der Waals surface area (Å²) in [6.07, 6.45) is 5.51. The van der Waals surface area contributed by atoms with Crippen LogP contribution in [0.25, 0.3) is 17.0 Å². The molecule has 1 aliphatic rings. The Balaban J connectivity index is 1.46. The molecule has 8 heteroatoms. The summed E-state index contributed by atoms with van der Waals surface area (Å²) in [5, 5.41) is 0.901. The Morgan fingerprint density at radius 1 is 1.29 bits per heavy atom. The summed E-state index contributed by atoms with van der Waals surface area (Å²) < 4.78 is 0.675. The van der Waals surface area contributed by atoms with Crippen LogP contribution in [0.4, 0.5) is 5.69 Å². The van der Waals surface area contributed by atoms with Crippen molar-refractivity contribution in [3.8, 4) is 0 Å². The number of carbonyl (C=O) groups excluding carboxylic acids is 2. The van der Waals surface area contributed by atoms with E-state index in [-0.39, 0.29) is 11.8 Å². The van der Waals surface area contributed by atoms with E-state index in [4.69, 9.17) is 17.3 Å². The van der Waals surface area contributed by atoms with Crippen LogP contribution < -0.4 is 5.73 Å². The number of hydrogen-bond acceptors (Lipinski definition) is 5. The molecular weight excluding hydrogens is 432 g/mol. The van der Waals surface area contributed by atoms with Crippen LogP contribution in [-0.2, 0) is 16.1 Å². The molecule has 1 saturated heterocycles. The highest BCUT2D eigenvalue weighted by Gasteiger charge is 2.35. The molecule has 3 aromatic rings. The van der Waals surface area contributed by atoms with Crippen LogP contribution in [0.5, 0.6) is 0 Å². The van der Waals surface area contributed by atoms with Crippen molar-refractivity contribution in [2.45, 2.75) is 25.9 Å². The minimum absolute atomic E-state index is 0.0321. The first-order valence-electron chi connectivity index (χ1n) is 10.1. The predicted molar refractivity (Wildman–Crippen MR) is 126 cm³/mol. The van der Waals surface area contributed by atoms with Gasteiger partial charge in [-0.25, -0.2) is 0 Å². The average molecular weight is 455 g/mol. The van der Waals surface area contributed by atoms with Gasteiger partial charge < -0.3 is 15.5 Å². The predicted octanol–water partition coefficient (Wildman–Crippen LogP) is 4.19. The van der Waals surface area contributed by atoms with E-state index >= 15 is 0 Å². The van der Waals surface area contributed by atoms with Crippen LogP contribution in [0, 0.1) is 0 Å². The molecule has 6 nitrogen and oxygen atoms in total. The molecule has 0 aliphatic carbocycles. The van der Waals surface area contributed by atoms with E-state index in [0.717, 1.165) is 21.3 Å². The number of anilines is 1. The van der Waals surface area contributed by atoms with Gasteiger partial charge in [0.25, 0.3) is 0 Å². The highest BCUT2D eigenvalue weighted by molar-refractivity contribution is 7.17. The number of piperazine rings is 1. The number of halogens is 1. The Bertz CT molecular complexity index is 1160. The number of nitrogen functional groups attached to an aromatic ring is 1. The van der Waals surface area contributed by atoms with Gasteiger partial charge in [-0.15, -0.1) is 11.3 Å². The lowest BCUT2D eigenvalue weighted by Gasteiger charge is -2.40. The third-order valence-electron chi connectivity index (χ3n) is 5.45. The largest absolute Gasteiger partial charge is 0.398 e. The molecule has 0 saturated carbocycles. The highest BCUT2D eigenvalue weighted by atomic mass is 35.5. The summed E-state index contributed by atoms with van der Waals surface area (Å²) in [6, 6.07) is 10.8. The minimum atomic E-state index is -0.466. The van der Waals surface area contributed by atoms with E-state index < -0.39 is 6.04 Å². The molecule has 0 spiro atoms. The smallest absolute Gasteiger partial charge is 0.247 e. The van der Waals surface area contributed by atoms with Gasteiger partial charge in [0.15, 0.2) is 0 Å². The number of carbonyl (C=O) groups is 2. The molecule has 1 atom stereocenters. The molecule has 1 aromatic carbocycles. The summed E-state index contributed by atoms with van der Waals surface area (Å²) in [7, 11) is 0. The van der Waals surface area contributed by atoms with Crippen molar-refractivity contribution in [2.75, 3.05) is 18.8 Å². The number of nitrogens with two attached hydrogens (primary N) is 1. The molecule has 0 radical (unpaired) electrons. The van der Waals surface area contributed by atoms with Crippen LogP contribution >= 0.6 is 22.9 Å². The minimum Gasteiger partial charge on any atom is -0.398 e. The zero-order valence-corrected chi connectivity index (χ0v) is 18.7. The van der Waals surface area contributed by atoms with Gasteiger partial charge in [-0.2, -0.15) is 0 Å². The molecule has 2 aromatic heterocycles. The second-order valence-electron chi connectivity index (χ2n) is 7.44. The zero-order valence-electron chi connectivity index (χ0n) is 17.1. The molecular formula is C23H23ClN4O2S. The van der Waals surface area contributed by atoms with Crippen LogP contribution in [0.1, 0.15) is 23.8 Å². The van der Waals surface area contributed by atoms with Gasteiger partial charge in [-0.3, -0.25) is 14.6 Å². The van der Waals surface area contributed by atoms with Crippen molar-refractivity contribution < 1.29 is 9.59 Å². The Kier molecular flexibility index (Phi) is 6.25. The average Bonchev–Trinajstić information content (AvgIpc) is 3.18. The third-order valence-corrected chi connectivity index (χ3v) is 6.65. The topological polar surface area (TPSA) is 79.5 Å². The van der Waals surface area contributed by atoms with Crippen LogP contribution in [0.15, 0.2) is 48.7 Å². The number of thiophene rings is 1. The standard InChI is InChI=1S/C23H23ClN4O2S/c1-2-20-23(30)27(14-15-3-6-17-18(25)9-10-26-19(17)13-15)11-12-28(20)22(29)8-5-16-4-7-21(24)31-16/h3-10,13,20H,2,11-12,14H2,1H3,(H2,25,26)/b8-5+/t20-/m0/s1. The fourth-order valence-corrected chi connectivity index (χ4v) is 4.82. The Morgan fingerprint density at radius 3 is 2.87 bits per heavy atom. The molecule has 31 heavy (non-hydrogen) atoms. The van der Waals surface area contributed by atoms with E-state index in [0.29, 0.717) is 36.1 Å². The summed E-state index contributed by atoms with van der Waals surface area (Å²) in [6.45, 7) is 3.39. The lowest BCUT2D eigenvalue weighted by Crippen LogP contribution is -2.57. The van der Waals surface area contributed by atoms with Crippen LogP contribution in [0.2, 0.25) is 4.34 Å². The molecule has 3 heterocycles. The van der Waals surface area contributed by atoms with Crippen LogP contribution in [-0.4, -0.2) is 45.7 Å². The van der Waals surface area contributed by atoms with E-state index in [1.54, 1.807) is 29.3 Å². The molecule has 0 bridgehead atoms. The quantitative estimate of drug-likeness (QED) is 0.586. The Morgan fingerprint density at radius 2 is 2.13 bits per heavy atom. The molecule has 4 rings (SSSR count). The van der Waals surface area contributed by atoms with E-state index in [1.807, 2.05) is 36.1 Å². The first kappa shape index (κ1) is 21.3. The van der Waals surface area contributed by atoms with Crippen molar-refractivity contribution in [1.82, 2.24) is 14.8 Å². The summed E-state index contributed by atoms with van der Waals surface area (Å²) in [5.74, 6) is -0.190. The summed E-state index contributed by atoms with van der Waals surface area (Å²) in [4.78, 5) is 34.6. The first-order valence-corrected chi connectivity index (χ1v) is 11.3. The number of hydrogen-bond donors (Lipinski definition) is 1. The van der Waals surface area contributed by atoms with Gasteiger partial charge in [0, 0.05) is 47.9 Å². The fourth-order valence-electron chi connectivity index (χ4n) is 3.86. The number of rotatable bonds is 5. The molecule has 0 unspecified atom stereocenters. The summed E-state index contributed by atoms with van der Waals surface area (Å²) >= 11 is 7.35. The first-order chi connectivity index (χ1) is 15.0. The number of pyridine rings is 1. The van der Waals surface area contributed by atoms with Crippen LogP contribution in [0.3, 0.4) is 0 Å². The maximum atomic E-state index is 13.1. The second-order valence-corrected chi connectivity index (χ2v) is 9.19. The van der Waals surface area contributed by atoms with Crippen molar-refractivity contribution in [2.24, 2.45) is 0 Å². The van der Waals surface area contributed by atoms with E-state index in [9.17, 15) is 9.59 Å². The lowest BCUT2D eigenvalue weighted by molar-refractivity contribution is -0.149. The molecule has 1 fully saturated rings. The number of amides is 2. The fraction of sp³-hybridized carbons (Fsp3) is 0.261. The van der Waals surface area contributed by atoms with Gasteiger partial charge in [-0.05, 0) is 42.3 Å².